The molecule has 7 heteroatoms. The zero-order valence-corrected chi connectivity index (χ0v) is 16.6. The molecule has 0 spiro atoms. The van der Waals surface area contributed by atoms with Crippen molar-refractivity contribution in [1.29, 1.82) is 0 Å². The van der Waals surface area contributed by atoms with E-state index in [0.29, 0.717) is 31.4 Å². The zero-order chi connectivity index (χ0) is 20.2. The number of rotatable bonds is 8. The summed E-state index contributed by atoms with van der Waals surface area (Å²) >= 11 is 0. The molecular formula is C20H29F2NO4. The summed E-state index contributed by atoms with van der Waals surface area (Å²) in [6.07, 6.45) is 0.958. The van der Waals surface area contributed by atoms with Gasteiger partial charge in [0.1, 0.15) is 23.0 Å². The Hall–Kier alpha value is -1.73. The smallest absolute Gasteiger partial charge is 0.409 e. The minimum absolute atomic E-state index is 0.122. The van der Waals surface area contributed by atoms with E-state index in [1.165, 1.54) is 12.1 Å². The first kappa shape index (κ1) is 21.6. The first-order chi connectivity index (χ1) is 12.4. The predicted octanol–water partition coefficient (Wildman–Crippen LogP) is 4.33. The highest BCUT2D eigenvalue weighted by Crippen LogP contribution is 2.24. The Morgan fingerprint density at radius 1 is 1.22 bits per heavy atom. The molecule has 1 amide bonds. The number of carbonyl (C=O) groups excluding carboxylic acids is 1. The van der Waals surface area contributed by atoms with E-state index in [1.54, 1.807) is 34.6 Å². The quantitative estimate of drug-likeness (QED) is 0.534. The maximum atomic E-state index is 13.4. The molecule has 2 atom stereocenters. The number of hydrogen-bond acceptors (Lipinski definition) is 4. The molecule has 1 N–H and O–H groups in total. The zero-order valence-electron chi connectivity index (χ0n) is 16.6. The highest BCUT2D eigenvalue weighted by molar-refractivity contribution is 5.68. The predicted molar refractivity (Wildman–Crippen MR) is 97.4 cm³/mol. The average molecular weight is 385 g/mol. The third-order valence-electron chi connectivity index (χ3n) is 3.87. The lowest BCUT2D eigenvalue weighted by Gasteiger charge is -2.32. The van der Waals surface area contributed by atoms with Crippen molar-refractivity contribution in [3.8, 4) is 0 Å². The number of ether oxygens (including phenoxy) is 3. The van der Waals surface area contributed by atoms with Crippen LogP contribution < -0.4 is 5.32 Å². The van der Waals surface area contributed by atoms with E-state index >= 15 is 0 Å². The maximum absolute atomic E-state index is 13.4. The van der Waals surface area contributed by atoms with E-state index in [-0.39, 0.29) is 12.2 Å². The monoisotopic (exact) mass is 385 g/mol. The molecule has 1 aromatic rings. The molecule has 1 aliphatic rings. The molecule has 1 saturated heterocycles. The van der Waals surface area contributed by atoms with Gasteiger partial charge in [-0.1, -0.05) is 0 Å². The van der Waals surface area contributed by atoms with Crippen LogP contribution in [0.15, 0.2) is 18.2 Å². The van der Waals surface area contributed by atoms with Crippen LogP contribution in [0, 0.1) is 11.6 Å². The second-order valence-electron chi connectivity index (χ2n) is 8.38. The third-order valence-corrected chi connectivity index (χ3v) is 3.87. The van der Waals surface area contributed by atoms with Gasteiger partial charge in [-0.05, 0) is 65.2 Å². The lowest BCUT2D eigenvalue weighted by molar-refractivity contribution is -0.0982. The molecule has 2 unspecified atom stereocenters. The SMILES string of the molecule is CC(C)(C)OC(=O)NC(C)(C)OC(CCc1cc(F)cc(F)c1)CC1CO1. The van der Waals surface area contributed by atoms with Crippen molar-refractivity contribution >= 4 is 6.09 Å². The van der Waals surface area contributed by atoms with Gasteiger partial charge in [-0.15, -0.1) is 0 Å². The van der Waals surface area contributed by atoms with Gasteiger partial charge in [0.15, 0.2) is 0 Å². The second kappa shape index (κ2) is 8.52. The Morgan fingerprint density at radius 3 is 2.33 bits per heavy atom. The standard InChI is InChI=1S/C20H29F2NO4/c1-19(2,3)27-18(24)23-20(4,5)26-16(11-17-12-25-17)7-6-13-8-14(21)10-15(22)9-13/h8-10,16-17H,6-7,11-12H2,1-5H3,(H,23,24). The van der Waals surface area contributed by atoms with Crippen molar-refractivity contribution in [2.45, 2.75) is 77.4 Å². The highest BCUT2D eigenvalue weighted by atomic mass is 19.1. The van der Waals surface area contributed by atoms with Gasteiger partial charge in [0.25, 0.3) is 0 Å². The van der Waals surface area contributed by atoms with Crippen LogP contribution in [-0.4, -0.2) is 36.2 Å². The summed E-state index contributed by atoms with van der Waals surface area (Å²) in [4.78, 5) is 12.0. The number of carbonyl (C=O) groups is 1. The minimum atomic E-state index is -0.963. The second-order valence-corrected chi connectivity index (χ2v) is 8.38. The molecular weight excluding hydrogens is 356 g/mol. The van der Waals surface area contributed by atoms with Crippen LogP contribution in [0.1, 0.15) is 53.0 Å². The summed E-state index contributed by atoms with van der Waals surface area (Å²) in [5.74, 6) is -1.19. The van der Waals surface area contributed by atoms with Gasteiger partial charge < -0.3 is 14.2 Å². The Bertz CT molecular complexity index is 634. The molecule has 1 heterocycles. The van der Waals surface area contributed by atoms with E-state index < -0.39 is 29.1 Å². The Kier molecular flexibility index (Phi) is 6.81. The molecule has 1 aromatic carbocycles. The van der Waals surface area contributed by atoms with Crippen LogP contribution in [-0.2, 0) is 20.6 Å². The number of alkyl carbamates (subject to hydrolysis) is 1. The van der Waals surface area contributed by atoms with Gasteiger partial charge in [-0.2, -0.15) is 0 Å². The minimum Gasteiger partial charge on any atom is -0.444 e. The van der Waals surface area contributed by atoms with Crippen LogP contribution in [0.2, 0.25) is 0 Å². The molecule has 152 valence electrons. The molecule has 2 rings (SSSR count). The fraction of sp³-hybridized carbons (Fsp3) is 0.650. The molecule has 0 radical (unpaired) electrons. The van der Waals surface area contributed by atoms with Gasteiger partial charge in [0, 0.05) is 12.5 Å². The van der Waals surface area contributed by atoms with Gasteiger partial charge in [0.05, 0.1) is 18.8 Å². The topological polar surface area (TPSA) is 60.1 Å². The van der Waals surface area contributed by atoms with Crippen molar-refractivity contribution in [2.24, 2.45) is 0 Å². The summed E-state index contributed by atoms with van der Waals surface area (Å²) < 4.78 is 43.4. The first-order valence-corrected chi connectivity index (χ1v) is 9.17. The van der Waals surface area contributed by atoms with E-state index in [9.17, 15) is 13.6 Å². The lowest BCUT2D eigenvalue weighted by atomic mass is 10.0. The Morgan fingerprint density at radius 2 is 1.81 bits per heavy atom. The van der Waals surface area contributed by atoms with Gasteiger partial charge in [-0.25, -0.2) is 13.6 Å². The molecule has 1 aliphatic heterocycles. The molecule has 1 fully saturated rings. The molecule has 0 saturated carbocycles. The number of hydrogen-bond donors (Lipinski definition) is 1. The van der Waals surface area contributed by atoms with E-state index in [1.807, 2.05) is 0 Å². The molecule has 0 bridgehead atoms. The summed E-state index contributed by atoms with van der Waals surface area (Å²) in [5.41, 5.74) is -1.01. The van der Waals surface area contributed by atoms with Crippen molar-refractivity contribution in [3.63, 3.8) is 0 Å². The van der Waals surface area contributed by atoms with Gasteiger partial charge in [0.2, 0.25) is 0 Å². The van der Waals surface area contributed by atoms with E-state index in [0.717, 1.165) is 6.07 Å². The van der Waals surface area contributed by atoms with Crippen molar-refractivity contribution in [1.82, 2.24) is 5.32 Å². The van der Waals surface area contributed by atoms with Crippen LogP contribution in [0.5, 0.6) is 0 Å². The highest BCUT2D eigenvalue weighted by Gasteiger charge is 2.32. The summed E-state index contributed by atoms with van der Waals surface area (Å²) in [7, 11) is 0. The lowest BCUT2D eigenvalue weighted by Crippen LogP contribution is -2.49. The van der Waals surface area contributed by atoms with Crippen molar-refractivity contribution in [3.05, 3.63) is 35.4 Å². The summed E-state index contributed by atoms with van der Waals surface area (Å²) in [5, 5.41) is 2.71. The number of amides is 1. The number of aryl methyl sites for hydroxylation is 1. The summed E-state index contributed by atoms with van der Waals surface area (Å²) in [6, 6.07) is 3.49. The van der Waals surface area contributed by atoms with E-state index in [2.05, 4.69) is 5.32 Å². The molecule has 27 heavy (non-hydrogen) atoms. The van der Waals surface area contributed by atoms with E-state index in [4.69, 9.17) is 14.2 Å². The largest absolute Gasteiger partial charge is 0.444 e. The van der Waals surface area contributed by atoms with Crippen LogP contribution in [0.25, 0.3) is 0 Å². The number of halogens is 2. The van der Waals surface area contributed by atoms with Gasteiger partial charge >= 0.3 is 6.09 Å². The summed E-state index contributed by atoms with van der Waals surface area (Å²) in [6.45, 7) is 9.50. The number of benzene rings is 1. The molecule has 0 aliphatic carbocycles. The average Bonchev–Trinajstić information content (AvgIpc) is 3.24. The number of nitrogens with one attached hydrogen (secondary N) is 1. The van der Waals surface area contributed by atoms with Crippen molar-refractivity contribution in [2.75, 3.05) is 6.61 Å². The normalized spacial score (nSPS) is 18.1. The fourth-order valence-corrected chi connectivity index (χ4v) is 2.80. The van der Waals surface area contributed by atoms with Crippen LogP contribution >= 0.6 is 0 Å². The number of epoxide rings is 1. The van der Waals surface area contributed by atoms with Gasteiger partial charge in [-0.3, -0.25) is 5.32 Å². The van der Waals surface area contributed by atoms with Crippen LogP contribution in [0.4, 0.5) is 13.6 Å². The third kappa shape index (κ3) is 8.67. The van der Waals surface area contributed by atoms with Crippen LogP contribution in [0.3, 0.4) is 0 Å². The van der Waals surface area contributed by atoms with Crippen molar-refractivity contribution < 1.29 is 27.8 Å². The Balaban J connectivity index is 1.94. The maximum Gasteiger partial charge on any atom is 0.409 e. The first-order valence-electron chi connectivity index (χ1n) is 9.17. The molecule has 5 nitrogen and oxygen atoms in total. The fourth-order valence-electron chi connectivity index (χ4n) is 2.80. The Labute approximate surface area is 159 Å². The molecule has 0 aromatic heterocycles.